The molecular formula is C21H23N5O3. The molecule has 1 aliphatic rings. The summed E-state index contributed by atoms with van der Waals surface area (Å²) in [6, 6.07) is 14.2. The summed E-state index contributed by atoms with van der Waals surface area (Å²) in [5.74, 6) is -0.0961. The molecule has 1 atom stereocenters. The highest BCUT2D eigenvalue weighted by atomic mass is 16.2. The van der Waals surface area contributed by atoms with E-state index in [-0.39, 0.29) is 23.5 Å². The van der Waals surface area contributed by atoms with Crippen molar-refractivity contribution in [2.75, 3.05) is 31.5 Å². The molecule has 8 heteroatoms. The van der Waals surface area contributed by atoms with Crippen LogP contribution >= 0.6 is 0 Å². The van der Waals surface area contributed by atoms with Gasteiger partial charge in [-0.3, -0.25) is 14.5 Å². The Hall–Kier alpha value is -3.39. The Balaban J connectivity index is 1.34. The monoisotopic (exact) mass is 393 g/mol. The van der Waals surface area contributed by atoms with Gasteiger partial charge in [-0.15, -0.1) is 0 Å². The largest absolute Gasteiger partial charge is 0.336 e. The number of H-pyrrole nitrogens is 2. The number of benzene rings is 2. The van der Waals surface area contributed by atoms with Gasteiger partial charge in [0.15, 0.2) is 0 Å². The van der Waals surface area contributed by atoms with Crippen LogP contribution in [0.5, 0.6) is 0 Å². The Kier molecular flexibility index (Phi) is 5.18. The molecule has 0 bridgehead atoms. The van der Waals surface area contributed by atoms with Crippen molar-refractivity contribution in [3.63, 3.8) is 0 Å². The summed E-state index contributed by atoms with van der Waals surface area (Å²) in [4.78, 5) is 45.9. The van der Waals surface area contributed by atoms with Crippen molar-refractivity contribution in [3.05, 3.63) is 64.6 Å². The van der Waals surface area contributed by atoms with E-state index >= 15 is 0 Å². The second-order valence-corrected chi connectivity index (χ2v) is 7.20. The zero-order chi connectivity index (χ0) is 20.4. The number of carbonyl (C=O) groups is 2. The Labute approximate surface area is 167 Å². The van der Waals surface area contributed by atoms with Crippen molar-refractivity contribution < 1.29 is 9.59 Å². The van der Waals surface area contributed by atoms with E-state index in [0.29, 0.717) is 48.5 Å². The highest BCUT2D eigenvalue weighted by Gasteiger charge is 2.28. The number of nitrogens with one attached hydrogen (secondary N) is 3. The number of piperazine rings is 1. The molecule has 3 N–H and O–H groups in total. The fourth-order valence-corrected chi connectivity index (χ4v) is 3.60. The summed E-state index contributed by atoms with van der Waals surface area (Å²) in [7, 11) is 0. The van der Waals surface area contributed by atoms with Gasteiger partial charge in [0.05, 0.1) is 17.1 Å². The van der Waals surface area contributed by atoms with Gasteiger partial charge in [0.1, 0.15) is 0 Å². The van der Waals surface area contributed by atoms with Crippen molar-refractivity contribution in [3.8, 4) is 0 Å². The molecule has 1 aromatic heterocycles. The van der Waals surface area contributed by atoms with E-state index in [1.165, 1.54) is 0 Å². The van der Waals surface area contributed by atoms with Gasteiger partial charge in [0, 0.05) is 37.4 Å². The van der Waals surface area contributed by atoms with Gasteiger partial charge in [0.25, 0.3) is 5.91 Å². The van der Waals surface area contributed by atoms with Gasteiger partial charge in [-0.1, -0.05) is 18.2 Å². The van der Waals surface area contributed by atoms with Crippen LogP contribution in [0, 0.1) is 0 Å². The Morgan fingerprint density at radius 1 is 0.966 bits per heavy atom. The first-order valence-electron chi connectivity index (χ1n) is 9.62. The minimum Gasteiger partial charge on any atom is -0.336 e. The highest BCUT2D eigenvalue weighted by Crippen LogP contribution is 2.16. The van der Waals surface area contributed by atoms with Crippen LogP contribution in [-0.4, -0.2) is 63.8 Å². The Morgan fingerprint density at radius 2 is 1.66 bits per heavy atom. The molecule has 1 unspecified atom stereocenters. The lowest BCUT2D eigenvalue weighted by Crippen LogP contribution is -2.54. The molecule has 1 fully saturated rings. The fraction of sp³-hybridized carbons (Fsp3) is 0.286. The van der Waals surface area contributed by atoms with E-state index in [2.05, 4.69) is 20.2 Å². The molecule has 4 rings (SSSR count). The number of anilines is 1. The molecule has 1 aliphatic heterocycles. The first-order chi connectivity index (χ1) is 14.0. The number of imidazole rings is 1. The van der Waals surface area contributed by atoms with E-state index in [1.54, 1.807) is 18.2 Å². The Bertz CT molecular complexity index is 1080. The first kappa shape index (κ1) is 18.9. The van der Waals surface area contributed by atoms with E-state index in [9.17, 15) is 14.4 Å². The van der Waals surface area contributed by atoms with E-state index in [0.717, 1.165) is 0 Å². The van der Waals surface area contributed by atoms with Crippen molar-refractivity contribution in [1.29, 1.82) is 0 Å². The van der Waals surface area contributed by atoms with Gasteiger partial charge < -0.3 is 20.2 Å². The molecule has 1 saturated heterocycles. The van der Waals surface area contributed by atoms with Crippen LogP contribution in [0.4, 0.5) is 5.69 Å². The number of aromatic amines is 2. The number of carbonyl (C=O) groups excluding carboxylic acids is 2. The fourth-order valence-electron chi connectivity index (χ4n) is 3.60. The molecular weight excluding hydrogens is 370 g/mol. The average Bonchev–Trinajstić information content (AvgIpc) is 3.12. The molecule has 3 aromatic rings. The third kappa shape index (κ3) is 4.07. The second-order valence-electron chi connectivity index (χ2n) is 7.20. The summed E-state index contributed by atoms with van der Waals surface area (Å²) in [5, 5.41) is 2.90. The maximum atomic E-state index is 12.7. The van der Waals surface area contributed by atoms with Gasteiger partial charge in [-0.2, -0.15) is 0 Å². The minimum atomic E-state index is -0.329. The number of aromatic nitrogens is 2. The van der Waals surface area contributed by atoms with Crippen LogP contribution in [0.25, 0.3) is 11.0 Å². The van der Waals surface area contributed by atoms with Crippen molar-refractivity contribution in [2.24, 2.45) is 0 Å². The number of hydrogen-bond donors (Lipinski definition) is 3. The predicted molar refractivity (Wildman–Crippen MR) is 111 cm³/mol. The zero-order valence-electron chi connectivity index (χ0n) is 16.1. The number of nitrogens with zero attached hydrogens (tertiary/aromatic N) is 2. The maximum Gasteiger partial charge on any atom is 0.323 e. The molecule has 0 saturated carbocycles. The van der Waals surface area contributed by atoms with Crippen LogP contribution in [0.1, 0.15) is 17.3 Å². The topological polar surface area (TPSA) is 101 Å². The van der Waals surface area contributed by atoms with E-state index in [1.807, 2.05) is 42.2 Å². The molecule has 8 nitrogen and oxygen atoms in total. The third-order valence-corrected chi connectivity index (χ3v) is 5.33. The number of amides is 2. The summed E-state index contributed by atoms with van der Waals surface area (Å²) >= 11 is 0. The molecule has 0 radical (unpaired) electrons. The maximum absolute atomic E-state index is 12.7. The van der Waals surface area contributed by atoms with Crippen LogP contribution in [0.3, 0.4) is 0 Å². The summed E-state index contributed by atoms with van der Waals surface area (Å²) < 4.78 is 0. The second kappa shape index (κ2) is 7.92. The van der Waals surface area contributed by atoms with Crippen LogP contribution in [-0.2, 0) is 4.79 Å². The minimum absolute atomic E-state index is 0.0242. The van der Waals surface area contributed by atoms with Gasteiger partial charge in [0.2, 0.25) is 5.91 Å². The number of hydrogen-bond acceptors (Lipinski definition) is 4. The molecule has 0 spiro atoms. The van der Waals surface area contributed by atoms with Crippen molar-refractivity contribution in [2.45, 2.75) is 13.0 Å². The highest BCUT2D eigenvalue weighted by molar-refractivity contribution is 5.96. The molecule has 29 heavy (non-hydrogen) atoms. The lowest BCUT2D eigenvalue weighted by atomic mass is 10.1. The van der Waals surface area contributed by atoms with Crippen molar-refractivity contribution in [1.82, 2.24) is 19.8 Å². The smallest absolute Gasteiger partial charge is 0.323 e. The SMILES string of the molecule is CC(C(=O)Nc1ccc2[nH]c(=O)[nH]c2c1)N1CCN(C(=O)c2ccccc2)CC1. The molecule has 150 valence electrons. The normalized spacial score (nSPS) is 16.0. The summed E-state index contributed by atoms with van der Waals surface area (Å²) in [6.45, 7) is 4.30. The van der Waals surface area contributed by atoms with Crippen LogP contribution in [0.2, 0.25) is 0 Å². The lowest BCUT2D eigenvalue weighted by Gasteiger charge is -2.37. The zero-order valence-corrected chi connectivity index (χ0v) is 16.1. The van der Waals surface area contributed by atoms with E-state index in [4.69, 9.17) is 0 Å². The Morgan fingerprint density at radius 3 is 2.38 bits per heavy atom. The molecule has 2 heterocycles. The van der Waals surface area contributed by atoms with E-state index < -0.39 is 0 Å². The lowest BCUT2D eigenvalue weighted by molar-refractivity contribution is -0.121. The molecule has 0 aliphatic carbocycles. The molecule has 2 amide bonds. The predicted octanol–water partition coefficient (Wildman–Crippen LogP) is 1.64. The number of fused-ring (bicyclic) bond motifs is 1. The van der Waals surface area contributed by atoms with Gasteiger partial charge >= 0.3 is 5.69 Å². The first-order valence-corrected chi connectivity index (χ1v) is 9.62. The van der Waals surface area contributed by atoms with Crippen molar-refractivity contribution >= 4 is 28.5 Å². The summed E-state index contributed by atoms with van der Waals surface area (Å²) in [6.07, 6.45) is 0. The number of rotatable bonds is 4. The van der Waals surface area contributed by atoms with Crippen LogP contribution < -0.4 is 11.0 Å². The van der Waals surface area contributed by atoms with Gasteiger partial charge in [-0.05, 0) is 37.3 Å². The standard InChI is InChI=1S/C21H23N5O3/c1-14(19(27)22-16-7-8-17-18(13-16)24-21(29)23-17)25-9-11-26(12-10-25)20(28)15-5-3-2-4-6-15/h2-8,13-14H,9-12H2,1H3,(H,22,27)(H2,23,24,29). The average molecular weight is 393 g/mol. The summed E-state index contributed by atoms with van der Waals surface area (Å²) in [5.41, 5.74) is 2.38. The quantitative estimate of drug-likeness (QED) is 0.627. The van der Waals surface area contributed by atoms with Gasteiger partial charge in [-0.25, -0.2) is 4.79 Å². The third-order valence-electron chi connectivity index (χ3n) is 5.33. The van der Waals surface area contributed by atoms with Crippen LogP contribution in [0.15, 0.2) is 53.3 Å². The molecule has 2 aromatic carbocycles.